The number of halogens is 1. The maximum atomic E-state index is 13.2. The summed E-state index contributed by atoms with van der Waals surface area (Å²) in [5.74, 6) is 0.251. The van der Waals surface area contributed by atoms with E-state index in [9.17, 15) is 4.79 Å². The number of nitrogens with two attached hydrogens (primary N) is 1. The molecule has 1 amide bonds. The molecule has 3 aromatic heterocycles. The fourth-order valence-electron chi connectivity index (χ4n) is 3.26. The molecule has 1 aliphatic heterocycles. The summed E-state index contributed by atoms with van der Waals surface area (Å²) in [6.45, 7) is 0.342. The van der Waals surface area contributed by atoms with Gasteiger partial charge in [0.05, 0.1) is 33.4 Å². The number of hydrogen-bond acceptors (Lipinski definition) is 6. The number of aromatic amines is 1. The molecule has 3 N–H and O–H groups in total. The Labute approximate surface area is 168 Å². The van der Waals surface area contributed by atoms with E-state index < -0.39 is 0 Å². The molecular weight excluding hydrogens is 396 g/mol. The van der Waals surface area contributed by atoms with E-state index >= 15 is 0 Å². The highest BCUT2D eigenvalue weighted by molar-refractivity contribution is 7.16. The molecule has 0 atom stereocenters. The first-order valence-corrected chi connectivity index (χ1v) is 9.68. The van der Waals surface area contributed by atoms with Gasteiger partial charge in [-0.15, -0.1) is 11.3 Å². The molecule has 4 aromatic rings. The molecule has 0 saturated heterocycles. The summed E-state index contributed by atoms with van der Waals surface area (Å²) in [6, 6.07) is 9.65. The number of aromatic nitrogens is 4. The quantitative estimate of drug-likeness (QED) is 0.397. The number of rotatable bonds is 3. The van der Waals surface area contributed by atoms with Gasteiger partial charge in [-0.1, -0.05) is 17.7 Å². The van der Waals surface area contributed by atoms with Crippen LogP contribution in [0.2, 0.25) is 5.15 Å². The van der Waals surface area contributed by atoms with Crippen molar-refractivity contribution in [3.05, 3.63) is 64.0 Å². The van der Waals surface area contributed by atoms with Crippen molar-refractivity contribution in [2.75, 3.05) is 10.6 Å². The summed E-state index contributed by atoms with van der Waals surface area (Å²) >= 11 is 7.90. The molecule has 0 fully saturated rings. The Hall–Kier alpha value is -3.23. The second-order valence-corrected chi connectivity index (χ2v) is 7.54. The predicted molar refractivity (Wildman–Crippen MR) is 111 cm³/mol. The highest BCUT2D eigenvalue weighted by Crippen LogP contribution is 2.41. The van der Waals surface area contributed by atoms with Gasteiger partial charge in [0.2, 0.25) is 5.95 Å². The molecule has 7 nitrogen and oxygen atoms in total. The molecule has 0 unspecified atom stereocenters. The highest BCUT2D eigenvalue weighted by Gasteiger charge is 2.37. The number of benzene rings is 1. The van der Waals surface area contributed by atoms with Gasteiger partial charge in [-0.2, -0.15) is 4.98 Å². The van der Waals surface area contributed by atoms with Gasteiger partial charge in [0.25, 0.3) is 5.91 Å². The topological polar surface area (TPSA) is 101 Å². The van der Waals surface area contributed by atoms with Gasteiger partial charge >= 0.3 is 0 Å². The maximum absolute atomic E-state index is 13.2. The van der Waals surface area contributed by atoms with Gasteiger partial charge in [-0.05, 0) is 35.9 Å². The Kier molecular flexibility index (Phi) is 3.88. The van der Waals surface area contributed by atoms with Crippen LogP contribution in [0.25, 0.3) is 21.9 Å². The van der Waals surface area contributed by atoms with Crippen LogP contribution in [0.5, 0.6) is 0 Å². The molecule has 0 aliphatic carbocycles. The van der Waals surface area contributed by atoms with Crippen molar-refractivity contribution >= 4 is 62.5 Å². The molecule has 0 radical (unpaired) electrons. The van der Waals surface area contributed by atoms with E-state index in [2.05, 4.69) is 19.9 Å². The molecule has 0 spiro atoms. The Balaban J connectivity index is 1.61. The van der Waals surface area contributed by atoms with Crippen molar-refractivity contribution in [1.29, 1.82) is 0 Å². The van der Waals surface area contributed by atoms with Crippen LogP contribution >= 0.6 is 22.9 Å². The predicted octanol–water partition coefficient (Wildman–Crippen LogP) is 3.74. The first kappa shape index (κ1) is 16.9. The third-order valence-electron chi connectivity index (χ3n) is 4.52. The van der Waals surface area contributed by atoms with Crippen LogP contribution in [0.4, 0.5) is 11.8 Å². The lowest BCUT2D eigenvalue weighted by atomic mass is 10.1. The van der Waals surface area contributed by atoms with Crippen molar-refractivity contribution in [3.8, 4) is 0 Å². The van der Waals surface area contributed by atoms with E-state index in [0.717, 1.165) is 21.5 Å². The molecule has 28 heavy (non-hydrogen) atoms. The van der Waals surface area contributed by atoms with Crippen LogP contribution in [0.15, 0.2) is 42.0 Å². The third kappa shape index (κ3) is 2.74. The van der Waals surface area contributed by atoms with Crippen LogP contribution in [-0.4, -0.2) is 25.8 Å². The van der Waals surface area contributed by atoms with Gasteiger partial charge < -0.3 is 10.7 Å². The van der Waals surface area contributed by atoms with Crippen LogP contribution in [0.3, 0.4) is 0 Å². The van der Waals surface area contributed by atoms with Crippen molar-refractivity contribution in [2.45, 2.75) is 6.54 Å². The van der Waals surface area contributed by atoms with Crippen LogP contribution in [-0.2, 0) is 11.3 Å². The number of nitrogen functional groups attached to an aromatic ring is 1. The molecule has 138 valence electrons. The van der Waals surface area contributed by atoms with Crippen molar-refractivity contribution in [2.24, 2.45) is 0 Å². The highest BCUT2D eigenvalue weighted by atomic mass is 35.5. The standard InChI is InChI=1S/C19H13ClN6OS/c20-16-15-12(7-11-2-1-5-22-11)18(27)26(17(15)25-19(21)24-16)8-10-3-4-13-14(6-10)28-9-23-13/h1-7,9,22H,8H2,(H2,21,24,25)/b12-7+. The number of anilines is 2. The second-order valence-electron chi connectivity index (χ2n) is 6.30. The van der Waals surface area contributed by atoms with Crippen LogP contribution in [0, 0.1) is 0 Å². The van der Waals surface area contributed by atoms with Gasteiger partial charge in [-0.25, -0.2) is 9.97 Å². The van der Waals surface area contributed by atoms with E-state index in [4.69, 9.17) is 17.3 Å². The molecule has 0 saturated carbocycles. The summed E-state index contributed by atoms with van der Waals surface area (Å²) in [6.07, 6.45) is 3.54. The van der Waals surface area contributed by atoms with Gasteiger partial charge in [-0.3, -0.25) is 9.69 Å². The van der Waals surface area contributed by atoms with E-state index in [0.29, 0.717) is 23.5 Å². The lowest BCUT2D eigenvalue weighted by Crippen LogP contribution is -2.26. The van der Waals surface area contributed by atoms with E-state index in [1.54, 1.807) is 34.0 Å². The third-order valence-corrected chi connectivity index (χ3v) is 5.59. The molecule has 1 aromatic carbocycles. The second kappa shape index (κ2) is 6.43. The number of nitrogens with zero attached hydrogens (tertiary/aromatic N) is 4. The maximum Gasteiger partial charge on any atom is 0.260 e. The summed E-state index contributed by atoms with van der Waals surface area (Å²) in [5.41, 5.74) is 11.2. The minimum absolute atomic E-state index is 0.0283. The number of thiazole rings is 1. The van der Waals surface area contributed by atoms with Crippen molar-refractivity contribution in [1.82, 2.24) is 19.9 Å². The normalized spacial score (nSPS) is 15.0. The zero-order valence-electron chi connectivity index (χ0n) is 14.4. The first-order valence-electron chi connectivity index (χ1n) is 8.42. The number of carbonyl (C=O) groups is 1. The molecule has 1 aliphatic rings. The largest absolute Gasteiger partial charge is 0.368 e. The number of hydrogen-bond donors (Lipinski definition) is 2. The number of H-pyrrole nitrogens is 1. The van der Waals surface area contributed by atoms with Gasteiger partial charge in [0.15, 0.2) is 5.82 Å². The van der Waals surface area contributed by atoms with Gasteiger partial charge in [0, 0.05) is 11.9 Å². The summed E-state index contributed by atoms with van der Waals surface area (Å²) in [4.78, 5) is 30.5. The lowest BCUT2D eigenvalue weighted by Gasteiger charge is -2.16. The van der Waals surface area contributed by atoms with Crippen molar-refractivity contribution in [3.63, 3.8) is 0 Å². The number of carbonyl (C=O) groups excluding carboxylic acids is 1. The first-order chi connectivity index (χ1) is 13.6. The average Bonchev–Trinajstić information content (AvgIpc) is 3.39. The SMILES string of the molecule is Nc1nc(Cl)c2c(n1)N(Cc1ccc3ncsc3c1)C(=O)/C2=C/c1ccc[nH]1. The summed E-state index contributed by atoms with van der Waals surface area (Å²) < 4.78 is 1.06. The number of nitrogens with one attached hydrogen (secondary N) is 1. The molecule has 4 heterocycles. The zero-order valence-corrected chi connectivity index (χ0v) is 16.0. The molecule has 0 bridgehead atoms. The Morgan fingerprint density at radius 2 is 2.18 bits per heavy atom. The minimum Gasteiger partial charge on any atom is -0.368 e. The number of amides is 1. The molecule has 5 rings (SSSR count). The van der Waals surface area contributed by atoms with Crippen LogP contribution in [0.1, 0.15) is 16.8 Å². The summed E-state index contributed by atoms with van der Waals surface area (Å²) in [7, 11) is 0. The summed E-state index contributed by atoms with van der Waals surface area (Å²) in [5, 5.41) is 0.161. The number of fused-ring (bicyclic) bond motifs is 2. The fourth-order valence-corrected chi connectivity index (χ4v) is 4.28. The van der Waals surface area contributed by atoms with E-state index in [1.165, 1.54) is 0 Å². The van der Waals surface area contributed by atoms with Gasteiger partial charge in [0.1, 0.15) is 5.15 Å². The minimum atomic E-state index is -0.198. The van der Waals surface area contributed by atoms with Crippen molar-refractivity contribution < 1.29 is 4.79 Å². The average molecular weight is 409 g/mol. The van der Waals surface area contributed by atoms with Crippen LogP contribution < -0.4 is 10.6 Å². The fraction of sp³-hybridized carbons (Fsp3) is 0.0526. The Morgan fingerprint density at radius 1 is 1.29 bits per heavy atom. The van der Waals surface area contributed by atoms with E-state index in [1.807, 2.05) is 30.3 Å². The smallest absolute Gasteiger partial charge is 0.260 e. The Morgan fingerprint density at radius 3 is 3.00 bits per heavy atom. The van der Waals surface area contributed by atoms with E-state index in [-0.39, 0.29) is 17.0 Å². The zero-order chi connectivity index (χ0) is 19.3. The lowest BCUT2D eigenvalue weighted by molar-refractivity contribution is -0.113. The Bertz CT molecular complexity index is 1250. The monoisotopic (exact) mass is 408 g/mol. The molecular formula is C19H13ClN6OS. The molecule has 9 heteroatoms.